The summed E-state index contributed by atoms with van der Waals surface area (Å²) in [6.07, 6.45) is 0.353. The smallest absolute Gasteiger partial charge is 0.106 e. The van der Waals surface area contributed by atoms with Gasteiger partial charge in [0.05, 0.1) is 13.8 Å². The zero-order valence-electron chi connectivity index (χ0n) is 10.6. The Morgan fingerprint density at radius 1 is 0.941 bits per heavy atom. The third-order valence-electron chi connectivity index (χ3n) is 3.45. The second kappa shape index (κ2) is 3.69. The summed E-state index contributed by atoms with van der Waals surface area (Å²) >= 11 is 0. The Kier molecular flexibility index (Phi) is 2.38. The zero-order valence-corrected chi connectivity index (χ0v) is 11.6. The van der Waals surface area contributed by atoms with Gasteiger partial charge >= 0.3 is 0 Å². The Labute approximate surface area is 103 Å². The molecular formula is C15H18OSi. The lowest BCUT2D eigenvalue weighted by molar-refractivity contribution is 0.400. The zero-order chi connectivity index (χ0) is 12.0. The summed E-state index contributed by atoms with van der Waals surface area (Å²) in [5, 5.41) is 2.62. The molecule has 1 saturated heterocycles. The Bertz CT molecular complexity index is 556. The van der Waals surface area contributed by atoms with Crippen molar-refractivity contribution in [1.29, 1.82) is 0 Å². The molecule has 17 heavy (non-hydrogen) atoms. The van der Waals surface area contributed by atoms with E-state index >= 15 is 0 Å². The lowest BCUT2D eigenvalue weighted by atomic mass is 10.1. The first-order valence-corrected chi connectivity index (χ1v) is 9.77. The lowest BCUT2D eigenvalue weighted by Gasteiger charge is -2.11. The number of fused-ring (bicyclic) bond motifs is 1. The predicted octanol–water partition coefficient (Wildman–Crippen LogP) is 4.16. The summed E-state index contributed by atoms with van der Waals surface area (Å²) in [6, 6.07) is 15.2. The normalized spacial score (nSPS) is 23.9. The number of ether oxygens (including phenoxy) is 1. The molecule has 0 saturated carbocycles. The van der Waals surface area contributed by atoms with Gasteiger partial charge in [-0.25, -0.2) is 0 Å². The highest BCUT2D eigenvalue weighted by Gasteiger charge is 2.48. The number of rotatable bonds is 2. The van der Waals surface area contributed by atoms with E-state index < -0.39 is 8.07 Å². The Balaban J connectivity index is 1.93. The molecule has 0 spiro atoms. The first-order valence-electron chi connectivity index (χ1n) is 6.20. The standard InChI is InChI=1S/C15H18OSi/c1-17(2,3)15-14(16-15)13-9-8-11-6-4-5-7-12(11)10-13/h4-10,14-15H,1-3H3/t14-,15+/m0/s1. The van der Waals surface area contributed by atoms with E-state index in [-0.39, 0.29) is 0 Å². The van der Waals surface area contributed by atoms with Crippen molar-refractivity contribution in [1.82, 2.24) is 0 Å². The SMILES string of the molecule is C[Si](C)(C)[C@H]1O[C@H]1c1ccc2ccccc2c1. The number of epoxide rings is 1. The molecule has 3 rings (SSSR count). The van der Waals surface area contributed by atoms with Gasteiger partial charge in [-0.3, -0.25) is 0 Å². The van der Waals surface area contributed by atoms with Crippen LogP contribution in [0.15, 0.2) is 42.5 Å². The summed E-state index contributed by atoms with van der Waals surface area (Å²) in [4.78, 5) is 0. The molecular weight excluding hydrogens is 224 g/mol. The van der Waals surface area contributed by atoms with E-state index in [2.05, 4.69) is 62.1 Å². The fraction of sp³-hybridized carbons (Fsp3) is 0.333. The molecule has 1 aliphatic rings. The van der Waals surface area contributed by atoms with Gasteiger partial charge in [0.25, 0.3) is 0 Å². The molecule has 2 aromatic carbocycles. The van der Waals surface area contributed by atoms with Gasteiger partial charge in [0.1, 0.15) is 6.10 Å². The van der Waals surface area contributed by atoms with Crippen molar-refractivity contribution in [3.05, 3.63) is 48.0 Å². The molecule has 0 amide bonds. The van der Waals surface area contributed by atoms with Crippen molar-refractivity contribution in [2.75, 3.05) is 0 Å². The summed E-state index contributed by atoms with van der Waals surface area (Å²) in [7, 11) is -1.16. The van der Waals surface area contributed by atoms with E-state index in [1.165, 1.54) is 16.3 Å². The van der Waals surface area contributed by atoms with Crippen molar-refractivity contribution in [3.8, 4) is 0 Å². The summed E-state index contributed by atoms with van der Waals surface area (Å²) in [5.74, 6) is 0. The molecule has 1 aliphatic heterocycles. The summed E-state index contributed by atoms with van der Waals surface area (Å²) < 4.78 is 5.88. The van der Waals surface area contributed by atoms with Gasteiger partial charge in [-0.15, -0.1) is 0 Å². The van der Waals surface area contributed by atoms with Crippen LogP contribution in [0.1, 0.15) is 11.7 Å². The van der Waals surface area contributed by atoms with Gasteiger partial charge in [0, 0.05) is 0 Å². The molecule has 2 aromatic rings. The predicted molar refractivity (Wildman–Crippen MR) is 74.9 cm³/mol. The highest BCUT2D eigenvalue weighted by atomic mass is 28.3. The maximum atomic E-state index is 5.88. The number of hydrogen-bond donors (Lipinski definition) is 0. The van der Waals surface area contributed by atoms with Gasteiger partial charge in [-0.2, -0.15) is 0 Å². The molecule has 2 atom stereocenters. The molecule has 1 heterocycles. The molecule has 0 N–H and O–H groups in total. The van der Waals surface area contributed by atoms with E-state index in [0.717, 1.165) is 0 Å². The van der Waals surface area contributed by atoms with Crippen LogP contribution >= 0.6 is 0 Å². The van der Waals surface area contributed by atoms with Crippen LogP contribution in [0.3, 0.4) is 0 Å². The molecule has 0 bridgehead atoms. The fourth-order valence-electron chi connectivity index (χ4n) is 2.41. The van der Waals surface area contributed by atoms with Crippen molar-refractivity contribution in [3.63, 3.8) is 0 Å². The van der Waals surface area contributed by atoms with E-state index in [1.807, 2.05) is 0 Å². The second-order valence-corrected chi connectivity index (χ2v) is 11.3. The second-order valence-electron chi connectivity index (χ2n) is 5.95. The lowest BCUT2D eigenvalue weighted by Crippen LogP contribution is -2.29. The Morgan fingerprint density at radius 3 is 2.29 bits per heavy atom. The quantitative estimate of drug-likeness (QED) is 0.569. The molecule has 2 heteroatoms. The van der Waals surface area contributed by atoms with Gasteiger partial charge in [-0.1, -0.05) is 56.0 Å². The van der Waals surface area contributed by atoms with Crippen molar-refractivity contribution < 1.29 is 4.74 Å². The number of hydrogen-bond acceptors (Lipinski definition) is 1. The van der Waals surface area contributed by atoms with E-state index in [1.54, 1.807) is 0 Å². The number of benzene rings is 2. The maximum absolute atomic E-state index is 5.88. The van der Waals surface area contributed by atoms with Crippen molar-refractivity contribution >= 4 is 18.8 Å². The van der Waals surface area contributed by atoms with Crippen LogP contribution < -0.4 is 0 Å². The summed E-state index contributed by atoms with van der Waals surface area (Å²) in [5.41, 5.74) is 1.85. The maximum Gasteiger partial charge on any atom is 0.106 e. The molecule has 0 unspecified atom stereocenters. The Hall–Kier alpha value is -1.12. The first kappa shape index (κ1) is 11.0. The van der Waals surface area contributed by atoms with Gasteiger partial charge in [0.2, 0.25) is 0 Å². The largest absolute Gasteiger partial charge is 0.368 e. The van der Waals surface area contributed by atoms with Gasteiger partial charge in [-0.05, 0) is 22.4 Å². The van der Waals surface area contributed by atoms with Crippen LogP contribution in [-0.2, 0) is 4.74 Å². The Morgan fingerprint density at radius 2 is 1.65 bits per heavy atom. The average molecular weight is 242 g/mol. The third kappa shape index (κ3) is 2.03. The van der Waals surface area contributed by atoms with Crippen LogP contribution in [0.4, 0.5) is 0 Å². The van der Waals surface area contributed by atoms with Crippen LogP contribution in [-0.4, -0.2) is 13.8 Å². The minimum atomic E-state index is -1.16. The van der Waals surface area contributed by atoms with Crippen molar-refractivity contribution in [2.45, 2.75) is 31.5 Å². The topological polar surface area (TPSA) is 12.5 Å². The molecule has 0 aromatic heterocycles. The fourth-order valence-corrected chi connectivity index (χ4v) is 4.06. The molecule has 0 aliphatic carbocycles. The highest BCUT2D eigenvalue weighted by molar-refractivity contribution is 6.78. The van der Waals surface area contributed by atoms with Crippen LogP contribution in [0.5, 0.6) is 0 Å². The van der Waals surface area contributed by atoms with Crippen molar-refractivity contribution in [2.24, 2.45) is 0 Å². The molecule has 1 fully saturated rings. The molecule has 0 radical (unpaired) electrons. The van der Waals surface area contributed by atoms with E-state index in [9.17, 15) is 0 Å². The van der Waals surface area contributed by atoms with Gasteiger partial charge in [0.15, 0.2) is 0 Å². The average Bonchev–Trinajstić information content (AvgIpc) is 3.08. The van der Waals surface area contributed by atoms with Crippen LogP contribution in [0, 0.1) is 0 Å². The first-order chi connectivity index (χ1) is 8.05. The highest BCUT2D eigenvalue weighted by Crippen LogP contribution is 2.44. The molecule has 88 valence electrons. The van der Waals surface area contributed by atoms with Gasteiger partial charge < -0.3 is 4.74 Å². The minimum absolute atomic E-state index is 0.353. The van der Waals surface area contributed by atoms with Crippen LogP contribution in [0.25, 0.3) is 10.8 Å². The summed E-state index contributed by atoms with van der Waals surface area (Å²) in [6.45, 7) is 7.12. The minimum Gasteiger partial charge on any atom is -0.368 e. The van der Waals surface area contributed by atoms with E-state index in [0.29, 0.717) is 11.8 Å². The third-order valence-corrected chi connectivity index (χ3v) is 5.59. The van der Waals surface area contributed by atoms with Crippen LogP contribution in [0.2, 0.25) is 19.6 Å². The molecule has 1 nitrogen and oxygen atoms in total. The monoisotopic (exact) mass is 242 g/mol. The van der Waals surface area contributed by atoms with E-state index in [4.69, 9.17) is 4.74 Å².